The van der Waals surface area contributed by atoms with E-state index in [0.29, 0.717) is 0 Å². The van der Waals surface area contributed by atoms with Crippen molar-refractivity contribution in [3.63, 3.8) is 0 Å². The molecule has 0 bridgehead atoms. The third kappa shape index (κ3) is 2.66. The average molecular weight is 315 g/mol. The fraction of sp³-hybridized carbons (Fsp3) is 0.158. The van der Waals surface area contributed by atoms with Crippen LogP contribution >= 0.6 is 23.2 Å². The lowest BCUT2D eigenvalue weighted by atomic mass is 9.94. The minimum Gasteiger partial charge on any atom is -0.113 e. The summed E-state index contributed by atoms with van der Waals surface area (Å²) < 4.78 is 0. The van der Waals surface area contributed by atoms with Crippen molar-refractivity contribution in [2.45, 2.75) is 19.2 Å². The second kappa shape index (κ2) is 5.71. The molecule has 0 fully saturated rings. The number of fused-ring (bicyclic) bond motifs is 1. The van der Waals surface area contributed by atoms with E-state index in [0.717, 1.165) is 21.7 Å². The summed E-state index contributed by atoms with van der Waals surface area (Å²) in [5, 5.41) is 3.04. The quantitative estimate of drug-likeness (QED) is 0.477. The van der Waals surface area contributed by atoms with Crippen molar-refractivity contribution in [2.24, 2.45) is 0 Å². The van der Waals surface area contributed by atoms with Crippen LogP contribution in [0.1, 0.15) is 27.6 Å². The van der Waals surface area contributed by atoms with Crippen molar-refractivity contribution in [1.29, 1.82) is 0 Å². The van der Waals surface area contributed by atoms with E-state index in [9.17, 15) is 0 Å². The van der Waals surface area contributed by atoms with Crippen molar-refractivity contribution in [3.8, 4) is 0 Å². The summed E-state index contributed by atoms with van der Waals surface area (Å²) in [6, 6.07) is 18.5. The van der Waals surface area contributed by atoms with E-state index in [1.165, 1.54) is 16.3 Å². The first kappa shape index (κ1) is 14.4. The molecule has 0 aliphatic heterocycles. The molecule has 3 aromatic carbocycles. The summed E-state index contributed by atoms with van der Waals surface area (Å²) in [5.74, 6) is 0. The van der Waals surface area contributed by atoms with E-state index in [2.05, 4.69) is 43.3 Å². The Morgan fingerprint density at radius 1 is 0.762 bits per heavy atom. The molecule has 0 amide bonds. The van der Waals surface area contributed by atoms with Crippen LogP contribution in [0.25, 0.3) is 10.8 Å². The zero-order valence-corrected chi connectivity index (χ0v) is 13.5. The minimum atomic E-state index is -0.173. The molecule has 0 nitrogen and oxygen atoms in total. The SMILES string of the molecule is Cc1cc(Cl)ccc1C(Cl)c1ccc(C)c2ccccc12. The predicted molar refractivity (Wildman–Crippen MR) is 92.6 cm³/mol. The molecule has 0 N–H and O–H groups in total. The van der Waals surface area contributed by atoms with Crippen LogP contribution in [0.2, 0.25) is 5.02 Å². The van der Waals surface area contributed by atoms with Crippen LogP contribution in [0.15, 0.2) is 54.6 Å². The molecular weight excluding hydrogens is 299 g/mol. The summed E-state index contributed by atoms with van der Waals surface area (Å²) >= 11 is 12.8. The maximum atomic E-state index is 6.78. The van der Waals surface area contributed by atoms with Gasteiger partial charge in [0.05, 0.1) is 5.38 Å². The van der Waals surface area contributed by atoms with Gasteiger partial charge in [-0.25, -0.2) is 0 Å². The molecule has 0 spiro atoms. The molecule has 0 saturated carbocycles. The van der Waals surface area contributed by atoms with Crippen LogP contribution in [0.3, 0.4) is 0 Å². The fourth-order valence-electron chi connectivity index (χ4n) is 2.79. The highest BCUT2D eigenvalue weighted by atomic mass is 35.5. The Hall–Kier alpha value is -1.50. The molecule has 1 unspecified atom stereocenters. The van der Waals surface area contributed by atoms with Crippen molar-refractivity contribution < 1.29 is 0 Å². The Labute approximate surface area is 135 Å². The molecule has 3 rings (SSSR count). The molecule has 3 aromatic rings. The lowest BCUT2D eigenvalue weighted by molar-refractivity contribution is 1.12. The Morgan fingerprint density at radius 3 is 2.14 bits per heavy atom. The van der Waals surface area contributed by atoms with Gasteiger partial charge < -0.3 is 0 Å². The summed E-state index contributed by atoms with van der Waals surface area (Å²) in [6.07, 6.45) is 0. The number of benzene rings is 3. The van der Waals surface area contributed by atoms with Gasteiger partial charge in [-0.2, -0.15) is 0 Å². The number of aryl methyl sites for hydroxylation is 2. The highest BCUT2D eigenvalue weighted by molar-refractivity contribution is 6.30. The number of rotatable bonds is 2. The van der Waals surface area contributed by atoms with Crippen LogP contribution in [0.5, 0.6) is 0 Å². The van der Waals surface area contributed by atoms with Gasteiger partial charge in [0.15, 0.2) is 0 Å². The largest absolute Gasteiger partial charge is 0.113 e. The minimum absolute atomic E-state index is 0.173. The first-order valence-electron chi connectivity index (χ1n) is 6.96. The number of halogens is 2. The first-order chi connectivity index (χ1) is 10.1. The van der Waals surface area contributed by atoms with Crippen molar-refractivity contribution in [3.05, 3.63) is 81.9 Å². The summed E-state index contributed by atoms with van der Waals surface area (Å²) in [7, 11) is 0. The maximum absolute atomic E-state index is 6.78. The molecule has 0 heterocycles. The van der Waals surface area contributed by atoms with Gasteiger partial charge in [0.1, 0.15) is 0 Å². The van der Waals surface area contributed by atoms with Crippen LogP contribution in [-0.4, -0.2) is 0 Å². The fourth-order valence-corrected chi connectivity index (χ4v) is 3.45. The van der Waals surface area contributed by atoms with Crippen LogP contribution in [0, 0.1) is 13.8 Å². The maximum Gasteiger partial charge on any atom is 0.0844 e. The number of hydrogen-bond donors (Lipinski definition) is 0. The monoisotopic (exact) mass is 314 g/mol. The summed E-state index contributed by atoms with van der Waals surface area (Å²) in [6.45, 7) is 4.18. The molecule has 0 aromatic heterocycles. The Balaban J connectivity index is 2.18. The molecule has 0 aliphatic carbocycles. The van der Waals surface area contributed by atoms with Gasteiger partial charge in [0, 0.05) is 5.02 Å². The van der Waals surface area contributed by atoms with Gasteiger partial charge in [-0.05, 0) is 59.0 Å². The Kier molecular flexibility index (Phi) is 3.93. The first-order valence-corrected chi connectivity index (χ1v) is 7.78. The van der Waals surface area contributed by atoms with Gasteiger partial charge in [0.2, 0.25) is 0 Å². The number of hydrogen-bond acceptors (Lipinski definition) is 0. The molecule has 0 aliphatic rings. The molecule has 21 heavy (non-hydrogen) atoms. The topological polar surface area (TPSA) is 0 Å². The average Bonchev–Trinajstić information content (AvgIpc) is 2.47. The Bertz CT molecular complexity index is 806. The molecule has 2 heteroatoms. The molecule has 0 saturated heterocycles. The van der Waals surface area contributed by atoms with Gasteiger partial charge in [-0.3, -0.25) is 0 Å². The van der Waals surface area contributed by atoms with E-state index >= 15 is 0 Å². The van der Waals surface area contributed by atoms with E-state index in [4.69, 9.17) is 23.2 Å². The second-order valence-corrected chi connectivity index (χ2v) is 6.25. The van der Waals surface area contributed by atoms with Crippen molar-refractivity contribution in [2.75, 3.05) is 0 Å². The van der Waals surface area contributed by atoms with Crippen LogP contribution in [-0.2, 0) is 0 Å². The zero-order valence-electron chi connectivity index (χ0n) is 12.0. The van der Waals surface area contributed by atoms with Gasteiger partial charge in [0.25, 0.3) is 0 Å². The van der Waals surface area contributed by atoms with E-state index < -0.39 is 0 Å². The predicted octanol–water partition coefficient (Wildman–Crippen LogP) is 6.44. The standard InChI is InChI=1S/C19H16Cl2/c1-12-7-9-18(17-6-4-3-5-15(12)17)19(21)16-10-8-14(20)11-13(16)2/h3-11,19H,1-2H3. The molecule has 0 radical (unpaired) electrons. The van der Waals surface area contributed by atoms with Crippen LogP contribution in [0.4, 0.5) is 0 Å². The third-order valence-electron chi connectivity index (χ3n) is 3.95. The lowest BCUT2D eigenvalue weighted by Gasteiger charge is -2.17. The molecule has 1 atom stereocenters. The van der Waals surface area contributed by atoms with Gasteiger partial charge >= 0.3 is 0 Å². The summed E-state index contributed by atoms with van der Waals surface area (Å²) in [4.78, 5) is 0. The highest BCUT2D eigenvalue weighted by Crippen LogP contribution is 2.36. The van der Waals surface area contributed by atoms with E-state index in [1.54, 1.807) is 0 Å². The van der Waals surface area contributed by atoms with E-state index in [-0.39, 0.29) is 5.38 Å². The molecule has 106 valence electrons. The zero-order chi connectivity index (χ0) is 15.0. The smallest absolute Gasteiger partial charge is 0.0844 e. The summed E-state index contributed by atoms with van der Waals surface area (Å²) in [5.41, 5.74) is 4.64. The normalized spacial score (nSPS) is 12.6. The number of alkyl halides is 1. The van der Waals surface area contributed by atoms with Gasteiger partial charge in [-0.15, -0.1) is 11.6 Å². The van der Waals surface area contributed by atoms with E-state index in [1.807, 2.05) is 25.1 Å². The highest BCUT2D eigenvalue weighted by Gasteiger charge is 2.16. The van der Waals surface area contributed by atoms with Crippen LogP contribution < -0.4 is 0 Å². The van der Waals surface area contributed by atoms with Crippen molar-refractivity contribution >= 4 is 34.0 Å². The lowest BCUT2D eigenvalue weighted by Crippen LogP contribution is -1.98. The second-order valence-electron chi connectivity index (χ2n) is 5.38. The third-order valence-corrected chi connectivity index (χ3v) is 4.66. The Morgan fingerprint density at radius 2 is 1.43 bits per heavy atom. The van der Waals surface area contributed by atoms with Gasteiger partial charge in [-0.1, -0.05) is 54.1 Å². The van der Waals surface area contributed by atoms with Crippen molar-refractivity contribution in [1.82, 2.24) is 0 Å². The molecular formula is C19H16Cl2.